The van der Waals surface area contributed by atoms with E-state index in [0.29, 0.717) is 6.54 Å². The molecule has 0 saturated heterocycles. The Labute approximate surface area is 73.2 Å². The van der Waals surface area contributed by atoms with Gasteiger partial charge in [0.2, 0.25) is 0 Å². The number of hydrogen-bond donors (Lipinski definition) is 1. The van der Waals surface area contributed by atoms with Crippen LogP contribution in [-0.4, -0.2) is 19.1 Å². The second kappa shape index (κ2) is 3.54. The lowest BCUT2D eigenvalue weighted by atomic mass is 10.2. The topological polar surface area (TPSA) is 42.2 Å². The molecule has 0 bridgehead atoms. The van der Waals surface area contributed by atoms with Gasteiger partial charge < -0.3 is 10.6 Å². The maximum Gasteiger partial charge on any atom is 0.128 e. The summed E-state index contributed by atoms with van der Waals surface area (Å²) in [6.45, 7) is 2.53. The first-order chi connectivity index (χ1) is 5.65. The van der Waals surface area contributed by atoms with Crippen LogP contribution < -0.4 is 10.6 Å². The minimum atomic E-state index is 0.507. The van der Waals surface area contributed by atoms with Crippen LogP contribution in [-0.2, 0) is 6.54 Å². The maximum atomic E-state index is 5.54. The summed E-state index contributed by atoms with van der Waals surface area (Å²) in [6.07, 6.45) is 0. The van der Waals surface area contributed by atoms with Crippen LogP contribution in [0.25, 0.3) is 0 Å². The highest BCUT2D eigenvalue weighted by molar-refractivity contribution is 5.39. The van der Waals surface area contributed by atoms with Crippen LogP contribution in [0, 0.1) is 6.92 Å². The molecule has 0 fully saturated rings. The lowest BCUT2D eigenvalue weighted by Gasteiger charge is -2.12. The van der Waals surface area contributed by atoms with Gasteiger partial charge in [-0.15, -0.1) is 0 Å². The summed E-state index contributed by atoms with van der Waals surface area (Å²) in [4.78, 5) is 6.36. The van der Waals surface area contributed by atoms with E-state index in [4.69, 9.17) is 5.73 Å². The molecule has 1 aromatic heterocycles. The number of nitrogens with zero attached hydrogens (tertiary/aromatic N) is 2. The Morgan fingerprint density at radius 3 is 2.58 bits per heavy atom. The Hall–Kier alpha value is -1.09. The second-order valence-electron chi connectivity index (χ2n) is 3.03. The van der Waals surface area contributed by atoms with E-state index in [2.05, 4.69) is 4.98 Å². The first kappa shape index (κ1) is 9.00. The molecule has 0 radical (unpaired) electrons. The maximum absolute atomic E-state index is 5.54. The van der Waals surface area contributed by atoms with Crippen molar-refractivity contribution < 1.29 is 0 Å². The van der Waals surface area contributed by atoms with Gasteiger partial charge in [0.1, 0.15) is 5.82 Å². The molecule has 1 rings (SSSR count). The molecule has 0 unspecified atom stereocenters. The summed E-state index contributed by atoms with van der Waals surface area (Å²) in [5.41, 5.74) is 7.67. The summed E-state index contributed by atoms with van der Waals surface area (Å²) in [6, 6.07) is 4.04. The molecule has 0 amide bonds. The molecule has 66 valence electrons. The van der Waals surface area contributed by atoms with Crippen LogP contribution in [0.2, 0.25) is 0 Å². The number of aromatic nitrogens is 1. The number of hydrogen-bond acceptors (Lipinski definition) is 3. The average molecular weight is 165 g/mol. The molecule has 0 aliphatic carbocycles. The minimum Gasteiger partial charge on any atom is -0.363 e. The van der Waals surface area contributed by atoms with Crippen LogP contribution in [0.4, 0.5) is 5.82 Å². The van der Waals surface area contributed by atoms with E-state index in [0.717, 1.165) is 17.1 Å². The van der Waals surface area contributed by atoms with Gasteiger partial charge in [-0.05, 0) is 18.6 Å². The van der Waals surface area contributed by atoms with Crippen LogP contribution in [0.5, 0.6) is 0 Å². The van der Waals surface area contributed by atoms with Crippen molar-refractivity contribution in [2.75, 3.05) is 19.0 Å². The zero-order valence-corrected chi connectivity index (χ0v) is 7.83. The van der Waals surface area contributed by atoms with Crippen LogP contribution in [0.15, 0.2) is 12.1 Å². The number of rotatable bonds is 2. The first-order valence-electron chi connectivity index (χ1n) is 3.99. The van der Waals surface area contributed by atoms with Gasteiger partial charge in [0.25, 0.3) is 0 Å². The minimum absolute atomic E-state index is 0.507. The third kappa shape index (κ3) is 1.74. The van der Waals surface area contributed by atoms with Crippen molar-refractivity contribution in [3.63, 3.8) is 0 Å². The molecule has 3 nitrogen and oxygen atoms in total. The molecule has 0 saturated carbocycles. The van der Waals surface area contributed by atoms with E-state index in [-0.39, 0.29) is 0 Å². The van der Waals surface area contributed by atoms with Crippen LogP contribution >= 0.6 is 0 Å². The molecule has 0 aliphatic rings. The van der Waals surface area contributed by atoms with Crippen molar-refractivity contribution in [1.29, 1.82) is 0 Å². The Morgan fingerprint density at radius 2 is 2.08 bits per heavy atom. The molecule has 1 heterocycles. The van der Waals surface area contributed by atoms with Crippen molar-refractivity contribution in [3.8, 4) is 0 Å². The lowest BCUT2D eigenvalue weighted by Crippen LogP contribution is -2.13. The highest BCUT2D eigenvalue weighted by Crippen LogP contribution is 2.11. The fourth-order valence-corrected chi connectivity index (χ4v) is 1.02. The van der Waals surface area contributed by atoms with Crippen LogP contribution in [0.1, 0.15) is 11.3 Å². The van der Waals surface area contributed by atoms with Gasteiger partial charge >= 0.3 is 0 Å². The first-order valence-corrected chi connectivity index (χ1v) is 3.99. The molecule has 0 spiro atoms. The highest BCUT2D eigenvalue weighted by atomic mass is 15.1. The summed E-state index contributed by atoms with van der Waals surface area (Å²) < 4.78 is 0. The lowest BCUT2D eigenvalue weighted by molar-refractivity contribution is 0.944. The molecule has 12 heavy (non-hydrogen) atoms. The molecule has 0 aromatic carbocycles. The summed E-state index contributed by atoms with van der Waals surface area (Å²) in [5.74, 6) is 0.959. The van der Waals surface area contributed by atoms with Gasteiger partial charge in [-0.2, -0.15) is 0 Å². The smallest absolute Gasteiger partial charge is 0.128 e. The van der Waals surface area contributed by atoms with E-state index in [9.17, 15) is 0 Å². The monoisotopic (exact) mass is 165 g/mol. The quantitative estimate of drug-likeness (QED) is 0.708. The molecule has 1 aromatic rings. The second-order valence-corrected chi connectivity index (χ2v) is 3.03. The van der Waals surface area contributed by atoms with E-state index < -0.39 is 0 Å². The average Bonchev–Trinajstić information content (AvgIpc) is 2.05. The van der Waals surface area contributed by atoms with Crippen molar-refractivity contribution >= 4 is 5.82 Å². The van der Waals surface area contributed by atoms with Gasteiger partial charge in [-0.3, -0.25) is 0 Å². The van der Waals surface area contributed by atoms with Crippen LogP contribution in [0.3, 0.4) is 0 Å². The van der Waals surface area contributed by atoms with E-state index in [1.165, 1.54) is 0 Å². The van der Waals surface area contributed by atoms with E-state index in [1.54, 1.807) is 0 Å². The summed E-state index contributed by atoms with van der Waals surface area (Å²) >= 11 is 0. The number of nitrogens with two attached hydrogens (primary N) is 1. The molecule has 3 heteroatoms. The van der Waals surface area contributed by atoms with Gasteiger partial charge in [0.15, 0.2) is 0 Å². The molecule has 2 N–H and O–H groups in total. The number of pyridine rings is 1. The van der Waals surface area contributed by atoms with Crippen molar-refractivity contribution in [3.05, 3.63) is 23.4 Å². The van der Waals surface area contributed by atoms with Crippen molar-refractivity contribution in [2.45, 2.75) is 13.5 Å². The van der Waals surface area contributed by atoms with Crippen molar-refractivity contribution in [2.24, 2.45) is 5.73 Å². The fraction of sp³-hybridized carbons (Fsp3) is 0.444. The number of aryl methyl sites for hydroxylation is 1. The zero-order valence-electron chi connectivity index (χ0n) is 7.83. The van der Waals surface area contributed by atoms with Gasteiger partial charge in [0.05, 0.1) is 5.69 Å². The molecule has 0 aliphatic heterocycles. The third-order valence-electron chi connectivity index (χ3n) is 1.84. The van der Waals surface area contributed by atoms with Gasteiger partial charge in [-0.25, -0.2) is 4.98 Å². The fourth-order valence-electron chi connectivity index (χ4n) is 1.02. The Kier molecular flexibility index (Phi) is 2.65. The standard InChI is InChI=1S/C9H15N3/c1-7-4-5-9(12(2)3)11-8(7)6-10/h4-5H,6,10H2,1-3H3. The number of anilines is 1. The normalized spacial score (nSPS) is 10.0. The third-order valence-corrected chi connectivity index (χ3v) is 1.84. The van der Waals surface area contributed by atoms with Crippen molar-refractivity contribution in [1.82, 2.24) is 4.98 Å². The van der Waals surface area contributed by atoms with Gasteiger partial charge in [0, 0.05) is 20.6 Å². The summed E-state index contributed by atoms with van der Waals surface area (Å²) in [5, 5.41) is 0. The molecular formula is C9H15N3. The predicted molar refractivity (Wildman–Crippen MR) is 51.2 cm³/mol. The largest absolute Gasteiger partial charge is 0.363 e. The Balaban J connectivity index is 3.05. The predicted octanol–water partition coefficient (Wildman–Crippen LogP) is 0.915. The summed E-state index contributed by atoms with van der Waals surface area (Å²) in [7, 11) is 3.94. The highest BCUT2D eigenvalue weighted by Gasteiger charge is 2.00. The Morgan fingerprint density at radius 1 is 1.42 bits per heavy atom. The SMILES string of the molecule is Cc1ccc(N(C)C)nc1CN. The molecule has 0 atom stereocenters. The van der Waals surface area contributed by atoms with E-state index >= 15 is 0 Å². The van der Waals surface area contributed by atoms with E-state index in [1.807, 2.05) is 38.1 Å². The van der Waals surface area contributed by atoms with Gasteiger partial charge in [-0.1, -0.05) is 6.07 Å². The Bertz CT molecular complexity index is 268. The zero-order chi connectivity index (χ0) is 9.14. The molecular weight excluding hydrogens is 150 g/mol.